The molecule has 2 aromatic rings. The molecule has 2 saturated heterocycles. The summed E-state index contributed by atoms with van der Waals surface area (Å²) < 4.78 is 4.81. The number of ether oxygens (including phenoxy) is 1. The molecule has 1 aromatic carbocycles. The van der Waals surface area contributed by atoms with Gasteiger partial charge in [0.25, 0.3) is 0 Å². The molecule has 2 aliphatic rings. The zero-order valence-electron chi connectivity index (χ0n) is 18.2. The number of hydrogen-bond donors (Lipinski definition) is 1. The van der Waals surface area contributed by atoms with Gasteiger partial charge in [-0.2, -0.15) is 4.98 Å². The number of methoxy groups -OCH3 is 1. The molecular formula is C22H31Cl2N5O2. The van der Waals surface area contributed by atoms with Gasteiger partial charge in [-0.25, -0.2) is 4.98 Å². The Kier molecular flexibility index (Phi) is 8.51. The molecule has 0 bridgehead atoms. The second-order valence-electron chi connectivity index (χ2n) is 8.17. The predicted molar refractivity (Wildman–Crippen MR) is 127 cm³/mol. The third-order valence-electron chi connectivity index (χ3n) is 6.35. The van der Waals surface area contributed by atoms with Crippen molar-refractivity contribution in [1.82, 2.24) is 14.9 Å². The second-order valence-corrected chi connectivity index (χ2v) is 8.17. The third-order valence-corrected chi connectivity index (χ3v) is 6.35. The minimum absolute atomic E-state index is 0. The van der Waals surface area contributed by atoms with Gasteiger partial charge in [0, 0.05) is 49.3 Å². The largest absolute Gasteiger partial charge is 0.469 e. The van der Waals surface area contributed by atoms with Gasteiger partial charge in [0.15, 0.2) is 0 Å². The lowest BCUT2D eigenvalue weighted by Crippen LogP contribution is -2.30. The molecule has 4 rings (SSSR count). The Labute approximate surface area is 196 Å². The summed E-state index contributed by atoms with van der Waals surface area (Å²) in [5, 5.41) is 0. The van der Waals surface area contributed by atoms with E-state index < -0.39 is 0 Å². The molecule has 2 aliphatic heterocycles. The fraction of sp³-hybridized carbons (Fsp3) is 0.500. The number of carbonyl (C=O) groups excluding carboxylic acids is 1. The number of anilines is 2. The van der Waals surface area contributed by atoms with E-state index in [9.17, 15) is 4.79 Å². The summed E-state index contributed by atoms with van der Waals surface area (Å²) in [5.74, 6) is 2.05. The fourth-order valence-electron chi connectivity index (χ4n) is 5.07. The van der Waals surface area contributed by atoms with Crippen LogP contribution in [0, 0.1) is 18.8 Å². The molecule has 3 atom stereocenters. The van der Waals surface area contributed by atoms with Crippen LogP contribution in [0.5, 0.6) is 0 Å². The van der Waals surface area contributed by atoms with E-state index in [0.717, 1.165) is 36.7 Å². The first-order valence-corrected chi connectivity index (χ1v) is 10.2. The molecule has 170 valence electrons. The molecule has 9 heteroatoms. The summed E-state index contributed by atoms with van der Waals surface area (Å²) in [4.78, 5) is 25.4. The molecule has 0 radical (unpaired) electrons. The summed E-state index contributed by atoms with van der Waals surface area (Å²) in [6, 6.07) is 11.1. The Bertz CT molecular complexity index is 899. The first-order valence-electron chi connectivity index (χ1n) is 10.2. The van der Waals surface area contributed by atoms with E-state index in [0.29, 0.717) is 30.7 Å². The SMILES string of the molecule is COC(=O)CCc1c(C)nc(N)nc1N1C[C@@H]2CN(C)[C@@H](c3ccccc3)[C@@H]2C1.Cl.Cl. The van der Waals surface area contributed by atoms with E-state index >= 15 is 0 Å². The van der Waals surface area contributed by atoms with Gasteiger partial charge in [-0.05, 0) is 31.9 Å². The van der Waals surface area contributed by atoms with Crippen LogP contribution in [0.1, 0.15) is 29.3 Å². The summed E-state index contributed by atoms with van der Waals surface area (Å²) >= 11 is 0. The van der Waals surface area contributed by atoms with Crippen molar-refractivity contribution in [3.05, 3.63) is 47.2 Å². The fourth-order valence-corrected chi connectivity index (χ4v) is 5.07. The Balaban J connectivity index is 0.00000171. The molecule has 3 heterocycles. The Morgan fingerprint density at radius 3 is 2.55 bits per heavy atom. The molecule has 0 aliphatic carbocycles. The van der Waals surface area contributed by atoms with Crippen LogP contribution < -0.4 is 10.6 Å². The lowest BCUT2D eigenvalue weighted by molar-refractivity contribution is -0.140. The van der Waals surface area contributed by atoms with Crippen LogP contribution in [0.3, 0.4) is 0 Å². The molecule has 0 unspecified atom stereocenters. The average molecular weight is 468 g/mol. The van der Waals surface area contributed by atoms with Gasteiger partial charge in [0.05, 0.1) is 7.11 Å². The number of likely N-dealkylation sites (tertiary alicyclic amines) is 1. The summed E-state index contributed by atoms with van der Waals surface area (Å²) in [5.41, 5.74) is 9.19. The standard InChI is InChI=1S/C22H29N5O2.2ClH/c1-14-17(9-10-19(28)29-3)21(25-22(23)24-14)27-12-16-11-26(2)20(18(16)13-27)15-7-5-4-6-8-15;;/h4-8,16,18,20H,9-13H2,1-3H3,(H2,23,24,25);2*1H/t16-,18+,20-;;/m0../s1. The molecule has 7 nitrogen and oxygen atoms in total. The number of aryl methyl sites for hydroxylation is 1. The number of esters is 1. The summed E-state index contributed by atoms with van der Waals surface area (Å²) in [7, 11) is 3.63. The zero-order valence-corrected chi connectivity index (χ0v) is 19.8. The van der Waals surface area contributed by atoms with Crippen LogP contribution in [0.4, 0.5) is 11.8 Å². The second kappa shape index (κ2) is 10.5. The first kappa shape index (κ1) is 25.2. The van der Waals surface area contributed by atoms with Crippen LogP contribution >= 0.6 is 24.8 Å². The Morgan fingerprint density at radius 1 is 1.16 bits per heavy atom. The lowest BCUT2D eigenvalue weighted by atomic mass is 9.90. The van der Waals surface area contributed by atoms with Gasteiger partial charge in [0.1, 0.15) is 5.82 Å². The van der Waals surface area contributed by atoms with Crippen LogP contribution in [-0.4, -0.2) is 54.6 Å². The maximum atomic E-state index is 11.7. The Hall–Kier alpha value is -2.09. The molecule has 2 N–H and O–H groups in total. The van der Waals surface area contributed by atoms with Crippen LogP contribution in [0.25, 0.3) is 0 Å². The number of halogens is 2. The van der Waals surface area contributed by atoms with Crippen molar-refractivity contribution in [3.8, 4) is 0 Å². The van der Waals surface area contributed by atoms with Crippen LogP contribution in [-0.2, 0) is 16.0 Å². The number of rotatable bonds is 5. The number of benzene rings is 1. The maximum absolute atomic E-state index is 11.7. The van der Waals surface area contributed by atoms with E-state index in [-0.39, 0.29) is 36.7 Å². The zero-order chi connectivity index (χ0) is 20.5. The average Bonchev–Trinajstić information content (AvgIpc) is 3.23. The smallest absolute Gasteiger partial charge is 0.305 e. The highest BCUT2D eigenvalue weighted by Crippen LogP contribution is 2.45. The normalized spacial score (nSPS) is 22.4. The highest BCUT2D eigenvalue weighted by atomic mass is 35.5. The highest BCUT2D eigenvalue weighted by Gasteiger charge is 2.46. The van der Waals surface area contributed by atoms with Gasteiger partial charge < -0.3 is 15.4 Å². The molecule has 31 heavy (non-hydrogen) atoms. The third kappa shape index (κ3) is 5.05. The monoisotopic (exact) mass is 467 g/mol. The van der Waals surface area contributed by atoms with Gasteiger partial charge in [-0.1, -0.05) is 30.3 Å². The first-order chi connectivity index (χ1) is 14.0. The molecule has 0 saturated carbocycles. The number of fused-ring (bicyclic) bond motifs is 1. The van der Waals surface area contributed by atoms with E-state index in [1.807, 2.05) is 6.92 Å². The van der Waals surface area contributed by atoms with E-state index in [1.165, 1.54) is 12.7 Å². The van der Waals surface area contributed by atoms with Crippen molar-refractivity contribution in [3.63, 3.8) is 0 Å². The van der Waals surface area contributed by atoms with Crippen molar-refractivity contribution < 1.29 is 9.53 Å². The molecular weight excluding hydrogens is 437 g/mol. The van der Waals surface area contributed by atoms with Crippen molar-refractivity contribution in [2.75, 3.05) is 44.4 Å². The maximum Gasteiger partial charge on any atom is 0.305 e. The number of nitrogens with zero attached hydrogens (tertiary/aromatic N) is 4. The van der Waals surface area contributed by atoms with Crippen molar-refractivity contribution in [2.24, 2.45) is 11.8 Å². The van der Waals surface area contributed by atoms with E-state index in [2.05, 4.69) is 57.1 Å². The predicted octanol–water partition coefficient (Wildman–Crippen LogP) is 3.06. The molecule has 0 amide bonds. The van der Waals surface area contributed by atoms with E-state index in [4.69, 9.17) is 10.5 Å². The van der Waals surface area contributed by atoms with Crippen molar-refractivity contribution >= 4 is 42.5 Å². The van der Waals surface area contributed by atoms with Crippen LogP contribution in [0.2, 0.25) is 0 Å². The van der Waals surface area contributed by atoms with Crippen molar-refractivity contribution in [1.29, 1.82) is 0 Å². The number of nitrogens with two attached hydrogens (primary N) is 1. The minimum atomic E-state index is -0.226. The van der Waals surface area contributed by atoms with Gasteiger partial charge in [0.2, 0.25) is 5.95 Å². The van der Waals surface area contributed by atoms with Crippen LogP contribution in [0.15, 0.2) is 30.3 Å². The summed E-state index contributed by atoms with van der Waals surface area (Å²) in [6.45, 7) is 4.87. The van der Waals surface area contributed by atoms with Gasteiger partial charge in [-0.3, -0.25) is 9.69 Å². The Morgan fingerprint density at radius 2 is 1.87 bits per heavy atom. The lowest BCUT2D eigenvalue weighted by Gasteiger charge is -2.28. The van der Waals surface area contributed by atoms with Gasteiger partial charge >= 0.3 is 5.97 Å². The highest BCUT2D eigenvalue weighted by molar-refractivity contribution is 5.85. The minimum Gasteiger partial charge on any atom is -0.469 e. The number of nitrogen functional groups attached to an aromatic ring is 1. The molecule has 2 fully saturated rings. The topological polar surface area (TPSA) is 84.6 Å². The van der Waals surface area contributed by atoms with E-state index in [1.54, 1.807) is 0 Å². The van der Waals surface area contributed by atoms with Gasteiger partial charge in [-0.15, -0.1) is 24.8 Å². The summed E-state index contributed by atoms with van der Waals surface area (Å²) in [6.07, 6.45) is 0.871. The number of aromatic nitrogens is 2. The van der Waals surface area contributed by atoms with Crippen molar-refractivity contribution in [2.45, 2.75) is 25.8 Å². The molecule has 1 aromatic heterocycles. The number of carbonyl (C=O) groups is 1. The number of hydrogen-bond acceptors (Lipinski definition) is 7. The molecule has 0 spiro atoms. The quantitative estimate of drug-likeness (QED) is 0.676.